The highest BCUT2D eigenvalue weighted by molar-refractivity contribution is 8.00. The minimum atomic E-state index is -0.631. The van der Waals surface area contributed by atoms with E-state index >= 15 is 0 Å². The standard InChI is InChI=1S/C23H27NO7S/c1-4-30-22(25)17-11-14-20(19(15-17)24(27)28)32-21(23(26)31-5-2)8-6-7-16-9-12-18(29-3)13-10-16/h9-15,21H,4-8H2,1-3H3/t21-/m1/s1. The van der Waals surface area contributed by atoms with Crippen molar-refractivity contribution in [2.24, 2.45) is 0 Å². The molecular weight excluding hydrogens is 434 g/mol. The molecule has 9 heteroatoms. The van der Waals surface area contributed by atoms with E-state index in [9.17, 15) is 19.7 Å². The third kappa shape index (κ3) is 7.26. The summed E-state index contributed by atoms with van der Waals surface area (Å²) in [5.74, 6) is -0.281. The number of nitro benzene ring substituents is 1. The molecule has 2 rings (SSSR count). The number of nitro groups is 1. The van der Waals surface area contributed by atoms with Gasteiger partial charge in [-0.25, -0.2) is 4.79 Å². The second-order valence-corrected chi connectivity index (χ2v) is 8.00. The summed E-state index contributed by atoms with van der Waals surface area (Å²) in [5.41, 5.74) is 0.947. The lowest BCUT2D eigenvalue weighted by Crippen LogP contribution is -2.20. The topological polar surface area (TPSA) is 105 Å². The minimum Gasteiger partial charge on any atom is -0.497 e. The van der Waals surface area contributed by atoms with Crippen molar-refractivity contribution in [2.75, 3.05) is 20.3 Å². The third-order valence-corrected chi connectivity index (χ3v) is 5.89. The SMILES string of the molecule is CCOC(=O)c1ccc(S[C@H](CCCc2ccc(OC)cc2)C(=O)OCC)c([N+](=O)[O-])c1. The monoisotopic (exact) mass is 461 g/mol. The summed E-state index contributed by atoms with van der Waals surface area (Å²) in [6.07, 6.45) is 1.91. The zero-order chi connectivity index (χ0) is 23.5. The largest absolute Gasteiger partial charge is 0.497 e. The van der Waals surface area contributed by atoms with E-state index in [-0.39, 0.29) is 24.5 Å². The molecule has 0 N–H and O–H groups in total. The van der Waals surface area contributed by atoms with Crippen LogP contribution in [0.5, 0.6) is 5.75 Å². The first-order valence-corrected chi connectivity index (χ1v) is 11.2. The van der Waals surface area contributed by atoms with E-state index in [4.69, 9.17) is 14.2 Å². The van der Waals surface area contributed by atoms with Crippen LogP contribution in [-0.2, 0) is 20.7 Å². The van der Waals surface area contributed by atoms with Gasteiger partial charge in [0.05, 0.1) is 35.7 Å². The lowest BCUT2D eigenvalue weighted by Gasteiger charge is -2.16. The molecule has 0 fully saturated rings. The van der Waals surface area contributed by atoms with Crippen LogP contribution in [-0.4, -0.2) is 42.4 Å². The predicted octanol–water partition coefficient (Wildman–Crippen LogP) is 4.83. The molecule has 0 unspecified atom stereocenters. The van der Waals surface area contributed by atoms with Crippen molar-refractivity contribution in [3.8, 4) is 5.75 Å². The number of hydrogen-bond acceptors (Lipinski definition) is 8. The number of nitrogens with zero attached hydrogens (tertiary/aromatic N) is 1. The van der Waals surface area contributed by atoms with Crippen molar-refractivity contribution in [2.45, 2.75) is 43.3 Å². The molecule has 0 saturated carbocycles. The molecular formula is C23H27NO7S. The van der Waals surface area contributed by atoms with Crippen molar-refractivity contribution >= 4 is 29.4 Å². The van der Waals surface area contributed by atoms with Gasteiger partial charge in [-0.2, -0.15) is 0 Å². The number of aryl methyl sites for hydroxylation is 1. The van der Waals surface area contributed by atoms with Crippen molar-refractivity contribution in [1.82, 2.24) is 0 Å². The Morgan fingerprint density at radius 3 is 2.34 bits per heavy atom. The summed E-state index contributed by atoms with van der Waals surface area (Å²) in [4.78, 5) is 35.8. The molecule has 172 valence electrons. The van der Waals surface area contributed by atoms with Crippen molar-refractivity contribution in [3.63, 3.8) is 0 Å². The molecule has 0 saturated heterocycles. The van der Waals surface area contributed by atoms with Gasteiger partial charge >= 0.3 is 11.9 Å². The van der Waals surface area contributed by atoms with Gasteiger partial charge in [0.2, 0.25) is 0 Å². The van der Waals surface area contributed by atoms with Crippen LogP contribution in [0.25, 0.3) is 0 Å². The summed E-state index contributed by atoms with van der Waals surface area (Å²) in [7, 11) is 1.61. The van der Waals surface area contributed by atoms with Crippen LogP contribution >= 0.6 is 11.8 Å². The minimum absolute atomic E-state index is 0.0927. The van der Waals surface area contributed by atoms with Crippen molar-refractivity contribution in [3.05, 3.63) is 63.7 Å². The molecule has 8 nitrogen and oxygen atoms in total. The molecule has 0 heterocycles. The van der Waals surface area contributed by atoms with Gasteiger partial charge in [-0.3, -0.25) is 14.9 Å². The third-order valence-electron chi connectivity index (χ3n) is 4.58. The van der Waals surface area contributed by atoms with Gasteiger partial charge in [-0.05, 0) is 62.9 Å². The highest BCUT2D eigenvalue weighted by Gasteiger charge is 2.26. The molecule has 1 atom stereocenters. The molecule has 0 radical (unpaired) electrons. The average molecular weight is 462 g/mol. The Kier molecular flexibility index (Phi) is 10.0. The maximum Gasteiger partial charge on any atom is 0.338 e. The van der Waals surface area contributed by atoms with E-state index in [1.54, 1.807) is 21.0 Å². The van der Waals surface area contributed by atoms with Crippen LogP contribution in [0.4, 0.5) is 5.69 Å². The summed E-state index contributed by atoms with van der Waals surface area (Å²) < 4.78 is 15.3. The normalized spacial score (nSPS) is 11.5. The fraction of sp³-hybridized carbons (Fsp3) is 0.391. The van der Waals surface area contributed by atoms with Gasteiger partial charge in [-0.1, -0.05) is 12.1 Å². The molecule has 0 amide bonds. The van der Waals surface area contributed by atoms with Gasteiger partial charge in [0.25, 0.3) is 5.69 Å². The lowest BCUT2D eigenvalue weighted by atomic mass is 10.1. The zero-order valence-corrected chi connectivity index (χ0v) is 19.2. The van der Waals surface area contributed by atoms with E-state index in [0.29, 0.717) is 17.7 Å². The first-order chi connectivity index (χ1) is 15.4. The first-order valence-electron chi connectivity index (χ1n) is 10.3. The smallest absolute Gasteiger partial charge is 0.338 e. The quantitative estimate of drug-likeness (QED) is 0.192. The van der Waals surface area contributed by atoms with Crippen LogP contribution in [0, 0.1) is 10.1 Å². The first kappa shape index (κ1) is 25.2. The number of rotatable bonds is 12. The molecule has 0 aliphatic carbocycles. The van der Waals surface area contributed by atoms with E-state index in [1.807, 2.05) is 24.3 Å². The lowest BCUT2D eigenvalue weighted by molar-refractivity contribution is -0.387. The fourth-order valence-corrected chi connectivity index (χ4v) is 4.15. The Morgan fingerprint density at radius 2 is 1.75 bits per heavy atom. The van der Waals surface area contributed by atoms with Crippen LogP contribution in [0.1, 0.15) is 42.6 Å². The van der Waals surface area contributed by atoms with E-state index < -0.39 is 22.1 Å². The van der Waals surface area contributed by atoms with Gasteiger partial charge in [0, 0.05) is 6.07 Å². The maximum absolute atomic E-state index is 12.5. The Balaban J connectivity index is 2.15. The van der Waals surface area contributed by atoms with Gasteiger partial charge in [-0.15, -0.1) is 11.8 Å². The van der Waals surface area contributed by atoms with Gasteiger partial charge in [0.1, 0.15) is 11.0 Å². The highest BCUT2D eigenvalue weighted by Crippen LogP contribution is 2.35. The molecule has 0 aliphatic rings. The zero-order valence-electron chi connectivity index (χ0n) is 18.4. The van der Waals surface area contributed by atoms with Crippen molar-refractivity contribution in [1.29, 1.82) is 0 Å². The molecule has 0 spiro atoms. The van der Waals surface area contributed by atoms with E-state index in [2.05, 4.69) is 0 Å². The average Bonchev–Trinajstić information content (AvgIpc) is 2.79. The number of carbonyl (C=O) groups excluding carboxylic acids is 2. The highest BCUT2D eigenvalue weighted by atomic mass is 32.2. The van der Waals surface area contributed by atoms with Crippen LogP contribution < -0.4 is 4.74 Å². The number of benzene rings is 2. The second-order valence-electron chi connectivity index (χ2n) is 6.76. The van der Waals surface area contributed by atoms with Crippen LogP contribution in [0.3, 0.4) is 0 Å². The molecule has 2 aromatic rings. The summed E-state index contributed by atoms with van der Waals surface area (Å²) in [6.45, 7) is 3.76. The van der Waals surface area contributed by atoms with Crippen molar-refractivity contribution < 1.29 is 28.7 Å². The Labute approximate surface area is 191 Å². The molecule has 0 aromatic heterocycles. The fourth-order valence-electron chi connectivity index (χ4n) is 3.00. The second kappa shape index (κ2) is 12.7. The Morgan fingerprint density at radius 1 is 1.06 bits per heavy atom. The Bertz CT molecular complexity index is 930. The number of hydrogen-bond donors (Lipinski definition) is 0. The maximum atomic E-state index is 12.5. The molecule has 0 aliphatic heterocycles. The summed E-state index contributed by atoms with van der Waals surface area (Å²) in [5, 5.41) is 11.0. The van der Waals surface area contributed by atoms with Gasteiger partial charge in [0.15, 0.2) is 0 Å². The number of carbonyl (C=O) groups is 2. The van der Waals surface area contributed by atoms with Crippen LogP contribution in [0.15, 0.2) is 47.4 Å². The number of esters is 2. The molecule has 0 bridgehead atoms. The Hall–Kier alpha value is -3.07. The van der Waals surface area contributed by atoms with E-state index in [0.717, 1.165) is 29.5 Å². The number of thioether (sulfide) groups is 1. The van der Waals surface area contributed by atoms with E-state index in [1.165, 1.54) is 18.2 Å². The van der Waals surface area contributed by atoms with Crippen LogP contribution in [0.2, 0.25) is 0 Å². The summed E-state index contributed by atoms with van der Waals surface area (Å²) in [6, 6.07) is 11.8. The molecule has 2 aromatic carbocycles. The van der Waals surface area contributed by atoms with Gasteiger partial charge < -0.3 is 14.2 Å². The predicted molar refractivity (Wildman–Crippen MR) is 121 cm³/mol. The molecule has 32 heavy (non-hydrogen) atoms. The number of methoxy groups -OCH3 is 1. The summed E-state index contributed by atoms with van der Waals surface area (Å²) >= 11 is 1.08. The number of ether oxygens (including phenoxy) is 3.